The molecule has 3 atom stereocenters. The number of carbonyl (C=O) groups excluding carboxylic acids is 1. The van der Waals surface area contributed by atoms with E-state index >= 15 is 0 Å². The van der Waals surface area contributed by atoms with Crippen LogP contribution in [0.2, 0.25) is 0 Å². The van der Waals surface area contributed by atoms with E-state index in [-0.39, 0.29) is 38.5 Å². The van der Waals surface area contributed by atoms with Crippen molar-refractivity contribution in [1.82, 2.24) is 9.88 Å². The number of hydrogen-bond acceptors (Lipinski definition) is 5. The lowest BCUT2D eigenvalue weighted by Gasteiger charge is -2.39. The molecule has 10 heteroatoms. The Morgan fingerprint density at radius 3 is 2.38 bits per heavy atom. The van der Waals surface area contributed by atoms with Gasteiger partial charge in [-0.1, -0.05) is 6.42 Å². The highest BCUT2D eigenvalue weighted by molar-refractivity contribution is 5.99. The van der Waals surface area contributed by atoms with Crippen LogP contribution < -0.4 is 20.3 Å². The van der Waals surface area contributed by atoms with Gasteiger partial charge < -0.3 is 20.3 Å². The van der Waals surface area contributed by atoms with Crippen LogP contribution in [0.15, 0.2) is 42.6 Å². The molecular weight excluding hydrogens is 507 g/mol. The molecule has 1 aromatic heterocycles. The van der Waals surface area contributed by atoms with Gasteiger partial charge in [-0.25, -0.2) is 9.78 Å². The summed E-state index contributed by atoms with van der Waals surface area (Å²) < 4.78 is 45.7. The molecule has 3 unspecified atom stereocenters. The molecule has 0 spiro atoms. The number of urea groups is 1. The minimum Gasteiger partial charge on any atom is -0.474 e. The summed E-state index contributed by atoms with van der Waals surface area (Å²) >= 11 is 0. The molecule has 3 fully saturated rings. The lowest BCUT2D eigenvalue weighted by atomic mass is 9.84. The summed E-state index contributed by atoms with van der Waals surface area (Å²) in [7, 11) is 1.98. The number of ether oxygens (including phenoxy) is 1. The molecule has 0 bridgehead atoms. The van der Waals surface area contributed by atoms with Crippen molar-refractivity contribution in [2.75, 3.05) is 35.7 Å². The van der Waals surface area contributed by atoms with Crippen LogP contribution in [-0.2, 0) is 0 Å². The minimum absolute atomic E-state index is 0. The lowest BCUT2D eigenvalue weighted by Crippen LogP contribution is -2.45. The van der Waals surface area contributed by atoms with Gasteiger partial charge in [0.2, 0.25) is 5.88 Å². The first-order chi connectivity index (χ1) is 18.7. The van der Waals surface area contributed by atoms with E-state index in [1.807, 2.05) is 31.3 Å². The Labute approximate surface area is 229 Å². The summed E-state index contributed by atoms with van der Waals surface area (Å²) in [4.78, 5) is 21.2. The molecule has 2 N–H and O–H groups in total. The van der Waals surface area contributed by atoms with Crippen molar-refractivity contribution in [3.8, 4) is 5.88 Å². The Kier molecular flexibility index (Phi) is 8.49. The third kappa shape index (κ3) is 7.15. The third-order valence-corrected chi connectivity index (χ3v) is 8.50. The van der Waals surface area contributed by atoms with Gasteiger partial charge in [0, 0.05) is 44.0 Å². The van der Waals surface area contributed by atoms with Gasteiger partial charge in [-0.15, -0.1) is 0 Å². The van der Waals surface area contributed by atoms with Crippen molar-refractivity contribution < 1.29 is 24.1 Å². The van der Waals surface area contributed by atoms with Crippen LogP contribution in [0.4, 0.5) is 35.0 Å². The molecule has 2 amide bonds. The summed E-state index contributed by atoms with van der Waals surface area (Å²) in [6.45, 7) is 1.63. The predicted octanol–water partition coefficient (Wildman–Crippen LogP) is 6.92. The number of rotatable bonds is 7. The number of pyridine rings is 1. The van der Waals surface area contributed by atoms with Crippen LogP contribution in [0.1, 0.15) is 59.2 Å². The third-order valence-electron chi connectivity index (χ3n) is 8.50. The van der Waals surface area contributed by atoms with Gasteiger partial charge in [0.15, 0.2) is 0 Å². The molecule has 1 aliphatic heterocycles. The van der Waals surface area contributed by atoms with E-state index in [1.54, 1.807) is 18.3 Å². The topological polar surface area (TPSA) is 69.7 Å². The minimum atomic E-state index is -4.10. The summed E-state index contributed by atoms with van der Waals surface area (Å²) in [5, 5.41) is 5.63. The monoisotopic (exact) mass is 547 g/mol. The molecule has 2 aromatic rings. The van der Waals surface area contributed by atoms with Gasteiger partial charge in [-0.2, -0.15) is 13.2 Å². The van der Waals surface area contributed by atoms with Crippen molar-refractivity contribution >= 4 is 23.1 Å². The van der Waals surface area contributed by atoms with E-state index in [9.17, 15) is 18.0 Å². The van der Waals surface area contributed by atoms with Crippen molar-refractivity contribution in [2.45, 2.75) is 82.2 Å². The Morgan fingerprint density at radius 2 is 1.69 bits per heavy atom. The van der Waals surface area contributed by atoms with Gasteiger partial charge in [-0.3, -0.25) is 4.90 Å². The van der Waals surface area contributed by atoms with Crippen LogP contribution >= 0.6 is 0 Å². The van der Waals surface area contributed by atoms with Gasteiger partial charge in [-0.05, 0) is 88.7 Å². The molecule has 7 nitrogen and oxygen atoms in total. The highest BCUT2D eigenvalue weighted by Crippen LogP contribution is 2.39. The van der Waals surface area contributed by atoms with E-state index < -0.39 is 12.1 Å². The number of likely N-dealkylation sites (N-methyl/N-ethyl adjacent to an activating group) is 1. The number of halogens is 3. The van der Waals surface area contributed by atoms with E-state index in [4.69, 9.17) is 4.74 Å². The van der Waals surface area contributed by atoms with Gasteiger partial charge in [0.05, 0.1) is 17.8 Å². The number of benzene rings is 1. The van der Waals surface area contributed by atoms with Crippen molar-refractivity contribution in [3.05, 3.63) is 42.6 Å². The normalized spacial score (nSPS) is 24.2. The number of carbonyl (C=O) groups is 1. The first kappa shape index (κ1) is 27.6. The second kappa shape index (κ2) is 12.0. The van der Waals surface area contributed by atoms with Crippen molar-refractivity contribution in [2.24, 2.45) is 5.92 Å². The van der Waals surface area contributed by atoms with Crippen LogP contribution in [0.25, 0.3) is 0 Å². The molecular formula is C29H40F3N5O2. The van der Waals surface area contributed by atoms with Crippen molar-refractivity contribution in [3.63, 3.8) is 0 Å². The van der Waals surface area contributed by atoms with E-state index in [0.717, 1.165) is 44.5 Å². The van der Waals surface area contributed by atoms with Gasteiger partial charge in [0.25, 0.3) is 0 Å². The Hall–Kier alpha value is -3.01. The molecule has 0 radical (unpaired) electrons. The lowest BCUT2D eigenvalue weighted by molar-refractivity contribution is -0.186. The molecule has 2 aliphatic carbocycles. The van der Waals surface area contributed by atoms with Crippen LogP contribution in [0, 0.1) is 5.92 Å². The fourth-order valence-electron chi connectivity index (χ4n) is 6.19. The molecule has 3 aliphatic rings. The molecule has 1 aromatic carbocycles. The quantitative estimate of drug-likeness (QED) is 0.394. The second-order valence-corrected chi connectivity index (χ2v) is 11.1. The van der Waals surface area contributed by atoms with E-state index in [1.165, 1.54) is 12.8 Å². The molecule has 2 heterocycles. The molecule has 5 rings (SSSR count). The zero-order chi connectivity index (χ0) is 27.4. The number of amides is 2. The maximum Gasteiger partial charge on any atom is 0.391 e. The highest BCUT2D eigenvalue weighted by Gasteiger charge is 2.44. The van der Waals surface area contributed by atoms with Gasteiger partial charge in [0.1, 0.15) is 6.10 Å². The second-order valence-electron chi connectivity index (χ2n) is 11.1. The zero-order valence-electron chi connectivity index (χ0n) is 22.4. The summed E-state index contributed by atoms with van der Waals surface area (Å²) in [6.07, 6.45) is 5.06. The van der Waals surface area contributed by atoms with Crippen LogP contribution in [0.3, 0.4) is 0 Å². The zero-order valence-corrected chi connectivity index (χ0v) is 22.4. The van der Waals surface area contributed by atoms with Gasteiger partial charge >= 0.3 is 12.2 Å². The number of nitrogens with zero attached hydrogens (tertiary/aromatic N) is 3. The standard InChI is InChI=1S/C29H38F3N5O2.H2/c1-36(24-6-4-5-20(17-24)29(30,31)32)25-15-16-37(19-25)23-12-9-21(10-13-23)34-28(38)35-22-11-14-27(33-18-22)39-26-7-2-3-8-26;/h9-14,18,20,24-26H,2-8,15-17,19H2,1H3,(H2,34,35,38);1H. The fourth-order valence-corrected chi connectivity index (χ4v) is 6.19. The maximum absolute atomic E-state index is 13.3. The number of nitrogens with one attached hydrogen (secondary N) is 2. The molecule has 2 saturated carbocycles. The van der Waals surface area contributed by atoms with Crippen molar-refractivity contribution in [1.29, 1.82) is 0 Å². The summed E-state index contributed by atoms with van der Waals surface area (Å²) in [5.74, 6) is -0.609. The number of anilines is 3. The molecule has 214 valence electrons. The number of aromatic nitrogens is 1. The Bertz CT molecular complexity index is 1100. The SMILES string of the molecule is CN(C1CCCC(C(F)(F)F)C1)C1CCN(c2ccc(NC(=O)Nc3ccc(OC4CCCC4)nc3)cc2)C1.[HH]. The first-order valence-electron chi connectivity index (χ1n) is 14.1. The smallest absolute Gasteiger partial charge is 0.391 e. The summed E-state index contributed by atoms with van der Waals surface area (Å²) in [6, 6.07) is 11.0. The average Bonchev–Trinajstić information content (AvgIpc) is 3.62. The molecule has 1 saturated heterocycles. The number of alkyl halides is 3. The Morgan fingerprint density at radius 1 is 0.974 bits per heavy atom. The highest BCUT2D eigenvalue weighted by atomic mass is 19.4. The largest absolute Gasteiger partial charge is 0.474 e. The van der Waals surface area contributed by atoms with E-state index in [2.05, 4.69) is 25.4 Å². The summed E-state index contributed by atoms with van der Waals surface area (Å²) in [5.41, 5.74) is 2.28. The van der Waals surface area contributed by atoms with E-state index in [0.29, 0.717) is 23.7 Å². The number of hydrogen-bond donors (Lipinski definition) is 2. The average molecular weight is 548 g/mol. The maximum atomic E-state index is 13.3. The van der Waals surface area contributed by atoms with Crippen LogP contribution in [0.5, 0.6) is 5.88 Å². The first-order valence-corrected chi connectivity index (χ1v) is 14.1. The molecule has 39 heavy (non-hydrogen) atoms. The Balaban J connectivity index is 0.00000370. The fraction of sp³-hybridized carbons (Fsp3) is 0.586. The predicted molar refractivity (Wildman–Crippen MR) is 149 cm³/mol. The van der Waals surface area contributed by atoms with Crippen LogP contribution in [-0.4, -0.2) is 60.4 Å².